The molecule has 2 fully saturated rings. The molecule has 1 aliphatic carbocycles. The zero-order valence-corrected chi connectivity index (χ0v) is 17.2. The number of hydrogen-bond donors (Lipinski definition) is 6. The summed E-state index contributed by atoms with van der Waals surface area (Å²) in [5.74, 6) is 0. The first-order valence-corrected chi connectivity index (χ1v) is 14.7. The van der Waals surface area contributed by atoms with Crippen molar-refractivity contribution in [1.29, 1.82) is 0 Å². The van der Waals surface area contributed by atoms with Gasteiger partial charge >= 0.3 is 14.0 Å². The van der Waals surface area contributed by atoms with E-state index in [2.05, 4.69) is 0 Å². The van der Waals surface area contributed by atoms with Crippen LogP contribution in [0.1, 0.15) is 25.7 Å². The van der Waals surface area contributed by atoms with Crippen molar-refractivity contribution in [2.24, 2.45) is 0 Å². The van der Waals surface area contributed by atoms with Gasteiger partial charge in [0.15, 0.2) is 6.29 Å². The van der Waals surface area contributed by atoms with Gasteiger partial charge in [-0.15, -0.1) is 0 Å². The van der Waals surface area contributed by atoms with Crippen LogP contribution >= 0.6 is 21.1 Å². The summed E-state index contributed by atoms with van der Waals surface area (Å²) in [6.07, 6.45) is -5.05. The van der Waals surface area contributed by atoms with Crippen LogP contribution in [0.4, 0.5) is 0 Å². The number of hydrogen-bond acceptors (Lipinski definition) is 8. The lowest BCUT2D eigenvalue weighted by atomic mass is 9.95. The molecule has 2 rings (SSSR count). The SMILES string of the molecule is COC1CCC(O[C@@H]2O[C@H](CP(=O)(O)P(=O)(O)P(=O)(O)O)[C@@H](O)[C@H]2O)CC1. The second-order valence-corrected chi connectivity index (χ2v) is 18.1. The van der Waals surface area contributed by atoms with Gasteiger partial charge in [0.2, 0.25) is 0 Å². The van der Waals surface area contributed by atoms with Crippen LogP contribution in [0.3, 0.4) is 0 Å². The Morgan fingerprint density at radius 1 is 0.926 bits per heavy atom. The molecule has 15 heteroatoms. The highest BCUT2D eigenvalue weighted by molar-refractivity contribution is 8.61. The van der Waals surface area contributed by atoms with Gasteiger partial charge in [0, 0.05) is 7.11 Å². The third-order valence-corrected chi connectivity index (χ3v) is 16.7. The van der Waals surface area contributed by atoms with E-state index in [4.69, 9.17) is 24.0 Å². The summed E-state index contributed by atoms with van der Waals surface area (Å²) in [5.41, 5.74) is 0. The van der Waals surface area contributed by atoms with E-state index in [9.17, 15) is 33.7 Å². The Labute approximate surface area is 155 Å². The number of ether oxygens (including phenoxy) is 3. The summed E-state index contributed by atoms with van der Waals surface area (Å²) in [4.78, 5) is 36.9. The fourth-order valence-corrected chi connectivity index (χ4v) is 10.6. The second kappa shape index (κ2) is 8.60. The zero-order valence-electron chi connectivity index (χ0n) is 14.5. The topological polar surface area (TPSA) is 200 Å². The summed E-state index contributed by atoms with van der Waals surface area (Å²) < 4.78 is 50.9. The van der Waals surface area contributed by atoms with Gasteiger partial charge in [0.05, 0.1) is 24.5 Å². The quantitative estimate of drug-likeness (QED) is 0.281. The van der Waals surface area contributed by atoms with Crippen molar-refractivity contribution in [3.63, 3.8) is 0 Å². The molecule has 0 radical (unpaired) electrons. The van der Waals surface area contributed by atoms with Crippen LogP contribution in [0.25, 0.3) is 0 Å². The molecule has 0 aromatic rings. The largest absolute Gasteiger partial charge is 0.417 e. The lowest BCUT2D eigenvalue weighted by Crippen LogP contribution is -2.37. The maximum absolute atomic E-state index is 12.1. The maximum atomic E-state index is 12.1. The number of rotatable bonds is 7. The van der Waals surface area contributed by atoms with E-state index >= 15 is 0 Å². The fraction of sp³-hybridized carbons (Fsp3) is 1.00. The summed E-state index contributed by atoms with van der Waals surface area (Å²) in [6, 6.07) is 0. The Kier molecular flexibility index (Phi) is 7.52. The molecule has 0 amide bonds. The number of aliphatic hydroxyl groups is 2. The minimum atomic E-state index is -5.79. The monoisotopic (exact) mass is 454 g/mol. The molecule has 1 saturated carbocycles. The Hall–Kier alpha value is 0.330. The average molecular weight is 454 g/mol. The average Bonchev–Trinajstić information content (AvgIpc) is 2.82. The van der Waals surface area contributed by atoms with Crippen molar-refractivity contribution < 1.29 is 57.7 Å². The van der Waals surface area contributed by atoms with Crippen molar-refractivity contribution in [2.45, 2.75) is 62.5 Å². The van der Waals surface area contributed by atoms with Gasteiger partial charge in [0.1, 0.15) is 12.2 Å². The third-order valence-electron chi connectivity index (χ3n) is 4.76. The van der Waals surface area contributed by atoms with E-state index in [-0.39, 0.29) is 12.2 Å². The van der Waals surface area contributed by atoms with Gasteiger partial charge in [-0.2, -0.15) is 0 Å². The molecule has 12 nitrogen and oxygen atoms in total. The lowest BCUT2D eigenvalue weighted by molar-refractivity contribution is -0.197. The minimum absolute atomic E-state index is 0.101. The molecule has 0 spiro atoms. The van der Waals surface area contributed by atoms with Gasteiger partial charge in [-0.05, 0) is 25.7 Å². The van der Waals surface area contributed by atoms with Crippen molar-refractivity contribution in [2.75, 3.05) is 13.3 Å². The predicted octanol–water partition coefficient (Wildman–Crippen LogP) is -0.0442. The number of aliphatic hydroxyl groups excluding tert-OH is 2. The van der Waals surface area contributed by atoms with Gasteiger partial charge < -0.3 is 44.0 Å². The zero-order chi connectivity index (χ0) is 20.6. The Morgan fingerprint density at radius 2 is 1.44 bits per heavy atom. The molecule has 6 N–H and O–H groups in total. The predicted molar refractivity (Wildman–Crippen MR) is 91.4 cm³/mol. The van der Waals surface area contributed by atoms with Crippen LogP contribution in [-0.4, -0.2) is 79.9 Å². The highest BCUT2D eigenvalue weighted by Crippen LogP contribution is 2.94. The highest BCUT2D eigenvalue weighted by Gasteiger charge is 2.58. The van der Waals surface area contributed by atoms with E-state index in [1.54, 1.807) is 7.11 Å². The Morgan fingerprint density at radius 3 is 1.93 bits per heavy atom. The van der Waals surface area contributed by atoms with Gasteiger partial charge in [-0.25, -0.2) is 4.57 Å². The summed E-state index contributed by atoms with van der Waals surface area (Å²) in [7, 11) is -9.51. The molecule has 0 aromatic heterocycles. The van der Waals surface area contributed by atoms with E-state index in [0.29, 0.717) is 12.8 Å². The minimum Gasteiger partial charge on any atom is -0.387 e. The molecule has 2 aliphatic rings. The molecule has 1 saturated heterocycles. The fourth-order valence-electron chi connectivity index (χ4n) is 3.09. The molecule has 1 heterocycles. The molecule has 0 bridgehead atoms. The van der Waals surface area contributed by atoms with Gasteiger partial charge in [-0.3, -0.25) is 9.13 Å². The van der Waals surface area contributed by atoms with Crippen LogP contribution in [0, 0.1) is 0 Å². The van der Waals surface area contributed by atoms with E-state index in [0.717, 1.165) is 12.8 Å². The molecule has 0 aromatic carbocycles. The summed E-state index contributed by atoms with van der Waals surface area (Å²) in [5, 5.41) is 20.0. The van der Waals surface area contributed by atoms with Crippen LogP contribution in [0.2, 0.25) is 0 Å². The lowest BCUT2D eigenvalue weighted by Gasteiger charge is -2.30. The van der Waals surface area contributed by atoms with Gasteiger partial charge in [0.25, 0.3) is 7.06 Å². The molecular weight excluding hydrogens is 429 g/mol. The van der Waals surface area contributed by atoms with Crippen LogP contribution in [0.5, 0.6) is 0 Å². The third kappa shape index (κ3) is 5.09. The highest BCUT2D eigenvalue weighted by atomic mass is 32.5. The molecular formula is C12H25O12P3. The second-order valence-electron chi connectivity index (χ2n) is 6.67. The molecule has 160 valence electrons. The molecule has 6 atom stereocenters. The van der Waals surface area contributed by atoms with E-state index < -0.39 is 51.9 Å². The molecule has 27 heavy (non-hydrogen) atoms. The first-order chi connectivity index (χ1) is 12.3. The summed E-state index contributed by atoms with van der Waals surface area (Å²) >= 11 is 0. The van der Waals surface area contributed by atoms with E-state index in [1.165, 1.54) is 0 Å². The van der Waals surface area contributed by atoms with Crippen molar-refractivity contribution in [3.05, 3.63) is 0 Å². The standard InChI is InChI=1S/C12H25O12P3/c1-22-7-2-4-8(5-3-7)23-12-11(14)10(13)9(24-12)6-25(15,16)27(20,21)26(17,18)19/h7-14H,2-6H2,1H3,(H,15,16)(H,20,21)(H2,17,18,19)/t7?,8?,9-,10-,11-,12-/m1/s1. The van der Waals surface area contributed by atoms with Crippen LogP contribution < -0.4 is 0 Å². The normalized spacial score (nSPS) is 39.7. The van der Waals surface area contributed by atoms with Crippen LogP contribution in [-0.2, 0) is 27.9 Å². The first kappa shape index (κ1) is 23.6. The first-order valence-electron chi connectivity index (χ1n) is 8.21. The van der Waals surface area contributed by atoms with Gasteiger partial charge in [-0.1, -0.05) is 0 Å². The van der Waals surface area contributed by atoms with Crippen LogP contribution in [0.15, 0.2) is 0 Å². The smallest absolute Gasteiger partial charge is 0.387 e. The van der Waals surface area contributed by atoms with Crippen molar-refractivity contribution in [1.82, 2.24) is 0 Å². The number of methoxy groups -OCH3 is 1. The van der Waals surface area contributed by atoms with E-state index in [1.807, 2.05) is 0 Å². The Balaban J connectivity index is 2.01. The molecule has 2 unspecified atom stereocenters. The summed E-state index contributed by atoms with van der Waals surface area (Å²) in [6.45, 7) is -5.79. The van der Waals surface area contributed by atoms with Crippen molar-refractivity contribution in [3.8, 4) is 0 Å². The Bertz CT molecular complexity index is 656. The molecule has 1 aliphatic heterocycles. The maximum Gasteiger partial charge on any atom is 0.417 e. The van der Waals surface area contributed by atoms with Crippen molar-refractivity contribution >= 4 is 21.1 Å².